The van der Waals surface area contributed by atoms with E-state index in [4.69, 9.17) is 13.7 Å². The largest absolute Gasteiger partial charge is 0.390 e. The Morgan fingerprint density at radius 2 is 2.03 bits per heavy atom. The molecular weight excluding hydrogens is 535 g/mol. The van der Waals surface area contributed by atoms with Crippen LogP contribution in [0.2, 0.25) is 0 Å². The Bertz CT molecular complexity index is 633. The third kappa shape index (κ3) is 10.2. The minimum Gasteiger partial charge on any atom is -0.390 e. The van der Waals surface area contributed by atoms with Crippen LogP contribution in [0.5, 0.6) is 0 Å². The number of rotatable bonds is 6. The summed E-state index contributed by atoms with van der Waals surface area (Å²) in [6, 6.07) is 0. The number of aromatic nitrogens is 2. The molecule has 1 saturated heterocycles. The number of carbonyl (C=O) groups excluding carboxylic acids is 1. The number of imidazole rings is 1. The predicted octanol–water partition coefficient (Wildman–Crippen LogP) is 4.31. The van der Waals surface area contributed by atoms with Crippen LogP contribution in [0, 0.1) is 0 Å². The Balaban J connectivity index is 0.000000867. The number of fused-ring (bicyclic) bond motifs is 1. The van der Waals surface area contributed by atoms with E-state index in [1.165, 1.54) is 20.5 Å². The molecule has 2 aliphatic rings. The number of aliphatic hydroxyl groups is 1. The van der Waals surface area contributed by atoms with Gasteiger partial charge in [0.05, 0.1) is 46.4 Å². The van der Waals surface area contributed by atoms with Gasteiger partial charge < -0.3 is 23.7 Å². The molecule has 31 heavy (non-hydrogen) atoms. The van der Waals surface area contributed by atoms with Crippen LogP contribution in [0.3, 0.4) is 0 Å². The van der Waals surface area contributed by atoms with Crippen molar-refractivity contribution in [3.63, 3.8) is 0 Å². The first-order valence-corrected chi connectivity index (χ1v) is 13.9. The van der Waals surface area contributed by atoms with Gasteiger partial charge in [0.1, 0.15) is 12.3 Å². The van der Waals surface area contributed by atoms with Gasteiger partial charge in [-0.1, -0.05) is 27.7 Å². The molecule has 11 heteroatoms. The van der Waals surface area contributed by atoms with Crippen molar-refractivity contribution in [2.45, 2.75) is 78.9 Å². The van der Waals surface area contributed by atoms with Crippen LogP contribution in [0.25, 0.3) is 0 Å². The van der Waals surface area contributed by atoms with Crippen molar-refractivity contribution in [3.8, 4) is 0 Å². The average molecular weight is 573 g/mol. The molecule has 0 radical (unpaired) electrons. The summed E-state index contributed by atoms with van der Waals surface area (Å²) in [5.74, 6) is 0.673. The van der Waals surface area contributed by atoms with E-state index in [1.54, 1.807) is 18.0 Å². The predicted molar refractivity (Wildman–Crippen MR) is 134 cm³/mol. The Kier molecular flexibility index (Phi) is 17.4. The summed E-state index contributed by atoms with van der Waals surface area (Å²) in [7, 11) is 2.91. The molecule has 3 rings (SSSR count). The zero-order valence-electron chi connectivity index (χ0n) is 19.5. The zero-order valence-corrected chi connectivity index (χ0v) is 22.5. The van der Waals surface area contributed by atoms with Crippen molar-refractivity contribution in [2.75, 3.05) is 20.3 Å². The number of aliphatic hydroxyl groups excluding tert-OH is 1. The van der Waals surface area contributed by atoms with Gasteiger partial charge in [0.2, 0.25) is 6.41 Å². The van der Waals surface area contributed by atoms with E-state index in [-0.39, 0.29) is 12.3 Å². The van der Waals surface area contributed by atoms with E-state index < -0.39 is 6.10 Å². The lowest BCUT2D eigenvalue weighted by Gasteiger charge is -2.15. The topological polar surface area (TPSA) is 98.4 Å². The number of hydrogen-bond acceptors (Lipinski definition) is 8. The zero-order chi connectivity index (χ0) is 23.8. The fourth-order valence-electron chi connectivity index (χ4n) is 2.55. The third-order valence-electron chi connectivity index (χ3n) is 4.17. The van der Waals surface area contributed by atoms with Gasteiger partial charge in [-0.3, -0.25) is 9.36 Å². The van der Waals surface area contributed by atoms with Gasteiger partial charge in [0.15, 0.2) is 5.82 Å². The lowest BCUT2D eigenvalue weighted by molar-refractivity contribution is -0.114. The van der Waals surface area contributed by atoms with Crippen LogP contribution in [0.15, 0.2) is 11.3 Å². The van der Waals surface area contributed by atoms with Crippen molar-refractivity contribution in [1.29, 1.82) is 0 Å². The van der Waals surface area contributed by atoms with Crippen molar-refractivity contribution in [3.05, 3.63) is 12.0 Å². The minimum absolute atomic E-state index is 0.324. The minimum atomic E-state index is -0.590. The summed E-state index contributed by atoms with van der Waals surface area (Å²) >= 11 is 2.02. The molecule has 0 aliphatic carbocycles. The quantitative estimate of drug-likeness (QED) is 0.308. The molecule has 2 aliphatic heterocycles. The maximum absolute atomic E-state index is 10.8. The fourth-order valence-corrected chi connectivity index (χ4v) is 3.18. The first-order valence-electron chi connectivity index (χ1n) is 10.6. The molecule has 1 amide bonds. The summed E-state index contributed by atoms with van der Waals surface area (Å²) in [5.41, 5.74) is 0.821. The lowest BCUT2D eigenvalue weighted by atomic mass is 10.2. The molecule has 3 atom stereocenters. The van der Waals surface area contributed by atoms with E-state index in [1.807, 2.05) is 62.7 Å². The van der Waals surface area contributed by atoms with Crippen molar-refractivity contribution >= 4 is 49.0 Å². The number of aliphatic imine (C=N–C) groups is 1. The van der Waals surface area contributed by atoms with Gasteiger partial charge in [-0.2, -0.15) is 0 Å². The van der Waals surface area contributed by atoms with E-state index in [0.29, 0.717) is 37.9 Å². The maximum atomic E-state index is 10.8. The highest BCUT2D eigenvalue weighted by Gasteiger charge is 2.36. The fraction of sp³-hybridized carbons (Fsp3) is 0.750. The van der Waals surface area contributed by atoms with Crippen molar-refractivity contribution in [1.82, 2.24) is 14.5 Å². The van der Waals surface area contributed by atoms with Crippen LogP contribution in [0.4, 0.5) is 5.82 Å². The van der Waals surface area contributed by atoms with E-state index in [2.05, 4.69) is 9.98 Å². The number of amides is 1. The van der Waals surface area contributed by atoms with Gasteiger partial charge in [-0.25, -0.2) is 9.98 Å². The molecule has 3 unspecified atom stereocenters. The monoisotopic (exact) mass is 572 g/mol. The molecule has 1 aromatic heterocycles. The highest BCUT2D eigenvalue weighted by Crippen LogP contribution is 2.34. The van der Waals surface area contributed by atoms with Crippen LogP contribution in [-0.4, -0.2) is 70.9 Å². The van der Waals surface area contributed by atoms with Crippen LogP contribution in [0.1, 0.15) is 59.9 Å². The Labute approximate surface area is 202 Å². The van der Waals surface area contributed by atoms with Crippen molar-refractivity contribution < 1.29 is 23.6 Å². The lowest BCUT2D eigenvalue weighted by Crippen LogP contribution is -2.25. The number of hydrogen-bond donors (Lipinski definition) is 1. The molecule has 180 valence electrons. The van der Waals surface area contributed by atoms with E-state index >= 15 is 0 Å². The number of nitrogens with zero attached hydrogens (tertiary/aromatic N) is 4. The van der Waals surface area contributed by atoms with Crippen molar-refractivity contribution in [2.24, 2.45) is 4.99 Å². The highest BCUT2D eigenvalue weighted by atomic mass is 127. The summed E-state index contributed by atoms with van der Waals surface area (Å²) < 4.78 is 17.6. The summed E-state index contributed by atoms with van der Waals surface area (Å²) in [6.07, 6.45) is 4.09. The Morgan fingerprint density at radius 1 is 1.39 bits per heavy atom. The summed E-state index contributed by atoms with van der Waals surface area (Å²) in [5, 5.41) is 10.1. The second kappa shape index (κ2) is 17.8. The molecule has 1 aromatic rings. The molecule has 0 bridgehead atoms. The second-order valence-electron chi connectivity index (χ2n) is 6.32. The number of methoxy groups -OCH3 is 1. The van der Waals surface area contributed by atoms with Crippen LogP contribution >= 0.6 is 30.4 Å². The number of halogens is 1. The molecule has 1 fully saturated rings. The summed E-state index contributed by atoms with van der Waals surface area (Å²) in [6.45, 7) is 12.9. The first kappa shape index (κ1) is 30.3. The van der Waals surface area contributed by atoms with Gasteiger partial charge >= 0.3 is 0 Å². The normalized spacial score (nSPS) is 21.6. The maximum Gasteiger partial charge on any atom is 0.214 e. The summed E-state index contributed by atoms with van der Waals surface area (Å²) in [4.78, 5) is 21.0. The third-order valence-corrected chi connectivity index (χ3v) is 5.16. The molecule has 1 N–H and O–H groups in total. The SMILES string of the molecule is CC.CC.COC(C)C.O=CN1C=Nc2c(ncn2C2CC(O)C(COSI)O2)CC1. The van der Waals surface area contributed by atoms with Crippen LogP contribution in [-0.2, 0) is 24.9 Å². The molecule has 0 saturated carbocycles. The Hall–Kier alpha value is -0.730. The molecule has 3 heterocycles. The van der Waals surface area contributed by atoms with E-state index in [0.717, 1.165) is 12.1 Å². The smallest absolute Gasteiger partial charge is 0.214 e. The average Bonchev–Trinajstić information content (AvgIpc) is 3.31. The van der Waals surface area contributed by atoms with E-state index in [9.17, 15) is 9.90 Å². The number of carbonyl (C=O) groups is 1. The van der Waals surface area contributed by atoms with Crippen LogP contribution < -0.4 is 0 Å². The molecule has 0 spiro atoms. The van der Waals surface area contributed by atoms with Gasteiger partial charge in [-0.05, 0) is 13.8 Å². The second-order valence-corrected chi connectivity index (χ2v) is 7.76. The highest BCUT2D eigenvalue weighted by molar-refractivity contribution is 14.2. The Morgan fingerprint density at radius 3 is 2.58 bits per heavy atom. The standard InChI is InChI=1S/C12H15IN4O4S.C4H10O.2C2H6/c13-22-20-4-10-9(19)3-11(21-10)17-6-14-8-1-2-16(7-18)5-15-12(8)17;1-4(2)5-3;2*1-2/h5-7,9-11,19H,1-4H2;4H,1-3H3;2*1-2H3. The first-order chi connectivity index (χ1) is 15.0. The van der Waals surface area contributed by atoms with Gasteiger partial charge in [-0.15, -0.1) is 0 Å². The number of ether oxygens (including phenoxy) is 2. The van der Waals surface area contributed by atoms with Gasteiger partial charge in [0.25, 0.3) is 0 Å². The van der Waals surface area contributed by atoms with Gasteiger partial charge in [0, 0.05) is 47.7 Å². The molecule has 9 nitrogen and oxygen atoms in total. The molecule has 0 aromatic carbocycles. The molecular formula is C20H37IN4O5S.